The maximum Gasteiger partial charge on any atom is 0.297 e. The molecule has 0 saturated carbocycles. The van der Waals surface area contributed by atoms with Crippen LogP contribution >= 0.6 is 0 Å². The van der Waals surface area contributed by atoms with Gasteiger partial charge in [0, 0.05) is 6.07 Å². The number of non-ortho nitro benzene ring substituents is 1. The molecule has 0 aliphatic heterocycles. The van der Waals surface area contributed by atoms with E-state index in [1.165, 1.54) is 6.07 Å². The van der Waals surface area contributed by atoms with Crippen molar-refractivity contribution in [3.8, 4) is 0 Å². The van der Waals surface area contributed by atoms with Gasteiger partial charge in [-0.1, -0.05) is 6.07 Å². The molecule has 0 aliphatic carbocycles. The van der Waals surface area contributed by atoms with Crippen molar-refractivity contribution in [1.82, 2.24) is 9.97 Å². The van der Waals surface area contributed by atoms with Crippen LogP contribution in [0.1, 0.15) is 5.82 Å². The summed E-state index contributed by atoms with van der Waals surface area (Å²) < 4.78 is 0. The van der Waals surface area contributed by atoms with Crippen LogP contribution in [-0.2, 0) is 6.61 Å². The van der Waals surface area contributed by atoms with Gasteiger partial charge in [-0.15, -0.1) is 0 Å². The van der Waals surface area contributed by atoms with Crippen molar-refractivity contribution in [2.24, 2.45) is 0 Å². The molecule has 0 amide bonds. The Morgan fingerprint density at radius 2 is 2.36 bits per heavy atom. The predicted octanol–water partition coefficient (Wildman–Crippen LogP) is 0.963. The average Bonchev–Trinajstić information content (AvgIpc) is 2.59. The van der Waals surface area contributed by atoms with E-state index >= 15 is 0 Å². The summed E-state index contributed by atoms with van der Waals surface area (Å²) in [5.74, 6) is 0.328. The summed E-state index contributed by atoms with van der Waals surface area (Å²) in [4.78, 5) is 16.8. The minimum absolute atomic E-state index is 0.0570. The van der Waals surface area contributed by atoms with Crippen LogP contribution in [0.2, 0.25) is 0 Å². The van der Waals surface area contributed by atoms with E-state index in [9.17, 15) is 10.1 Å². The summed E-state index contributed by atoms with van der Waals surface area (Å²) in [6.45, 7) is -0.258. The zero-order valence-corrected chi connectivity index (χ0v) is 7.10. The van der Waals surface area contributed by atoms with E-state index in [0.29, 0.717) is 11.3 Å². The van der Waals surface area contributed by atoms with Gasteiger partial charge in [-0.2, -0.15) is 0 Å². The van der Waals surface area contributed by atoms with Crippen molar-refractivity contribution in [3.05, 3.63) is 34.1 Å². The van der Waals surface area contributed by atoms with Crippen LogP contribution in [0.4, 0.5) is 5.69 Å². The topological polar surface area (TPSA) is 92.0 Å². The Morgan fingerprint density at radius 1 is 1.57 bits per heavy atom. The van der Waals surface area contributed by atoms with Gasteiger partial charge >= 0.3 is 0 Å². The molecule has 6 nitrogen and oxygen atoms in total. The first-order chi connectivity index (χ1) is 6.72. The number of para-hydroxylation sites is 1. The Balaban J connectivity index is 2.73. The molecule has 6 heteroatoms. The maximum atomic E-state index is 10.6. The number of imidazole rings is 1. The highest BCUT2D eigenvalue weighted by atomic mass is 16.6. The number of fused-ring (bicyclic) bond motifs is 1. The maximum absolute atomic E-state index is 10.6. The second-order valence-corrected chi connectivity index (χ2v) is 2.77. The molecule has 0 spiro atoms. The third-order valence-corrected chi connectivity index (χ3v) is 1.89. The van der Waals surface area contributed by atoms with E-state index in [1.54, 1.807) is 12.1 Å². The van der Waals surface area contributed by atoms with Gasteiger partial charge < -0.3 is 10.1 Å². The highest BCUT2D eigenvalue weighted by molar-refractivity contribution is 5.84. The van der Waals surface area contributed by atoms with Crippen LogP contribution in [0.25, 0.3) is 11.0 Å². The lowest BCUT2D eigenvalue weighted by Crippen LogP contribution is -1.89. The molecule has 1 aromatic heterocycles. The van der Waals surface area contributed by atoms with Gasteiger partial charge in [0.1, 0.15) is 12.4 Å². The number of H-pyrrole nitrogens is 1. The van der Waals surface area contributed by atoms with Crippen LogP contribution in [-0.4, -0.2) is 20.0 Å². The van der Waals surface area contributed by atoms with Gasteiger partial charge in [0.25, 0.3) is 5.69 Å². The van der Waals surface area contributed by atoms with E-state index in [1.807, 2.05) is 0 Å². The zero-order chi connectivity index (χ0) is 10.1. The van der Waals surface area contributed by atoms with E-state index in [0.717, 1.165) is 0 Å². The minimum atomic E-state index is -0.496. The van der Waals surface area contributed by atoms with Gasteiger partial charge in [-0.25, -0.2) is 4.98 Å². The van der Waals surface area contributed by atoms with Gasteiger partial charge in [0.15, 0.2) is 5.52 Å². The molecule has 1 heterocycles. The van der Waals surface area contributed by atoms with Gasteiger partial charge in [-0.3, -0.25) is 10.1 Å². The number of nitro groups is 1. The first kappa shape index (κ1) is 8.64. The number of aliphatic hydroxyl groups excluding tert-OH is 1. The number of nitro benzene ring substituents is 1. The van der Waals surface area contributed by atoms with Gasteiger partial charge in [0.05, 0.1) is 10.4 Å². The lowest BCUT2D eigenvalue weighted by molar-refractivity contribution is -0.383. The Morgan fingerprint density at radius 3 is 3.00 bits per heavy atom. The smallest absolute Gasteiger partial charge is 0.297 e. The van der Waals surface area contributed by atoms with E-state index in [4.69, 9.17) is 5.11 Å². The molecule has 2 N–H and O–H groups in total. The fourth-order valence-electron chi connectivity index (χ4n) is 1.29. The lowest BCUT2D eigenvalue weighted by atomic mass is 10.3. The highest BCUT2D eigenvalue weighted by Crippen LogP contribution is 2.22. The van der Waals surface area contributed by atoms with E-state index in [2.05, 4.69) is 9.97 Å². The highest BCUT2D eigenvalue weighted by Gasteiger charge is 2.14. The minimum Gasteiger partial charge on any atom is -0.388 e. The Labute approximate surface area is 78.4 Å². The fraction of sp³-hybridized carbons (Fsp3) is 0.125. The summed E-state index contributed by atoms with van der Waals surface area (Å²) in [7, 11) is 0. The summed E-state index contributed by atoms with van der Waals surface area (Å²) in [5.41, 5.74) is 0.781. The molecular formula is C8H7N3O3. The third kappa shape index (κ3) is 1.21. The standard InChI is InChI=1S/C8H7N3O3/c12-4-7-9-5-2-1-3-6(11(13)14)8(5)10-7/h1-3,12H,4H2,(H,9,10). The van der Waals surface area contributed by atoms with Crippen molar-refractivity contribution < 1.29 is 10.0 Å². The Bertz CT molecular complexity index is 492. The fourth-order valence-corrected chi connectivity index (χ4v) is 1.29. The number of hydrogen-bond acceptors (Lipinski definition) is 4. The largest absolute Gasteiger partial charge is 0.388 e. The number of rotatable bonds is 2. The molecule has 0 aliphatic rings. The van der Waals surface area contributed by atoms with Crippen molar-refractivity contribution in [2.45, 2.75) is 6.61 Å². The molecular weight excluding hydrogens is 186 g/mol. The molecule has 2 aromatic rings. The number of aromatic amines is 1. The van der Waals surface area contributed by atoms with Crippen molar-refractivity contribution in [1.29, 1.82) is 0 Å². The molecule has 0 bridgehead atoms. The molecule has 72 valence electrons. The summed E-state index contributed by atoms with van der Waals surface area (Å²) >= 11 is 0. The SMILES string of the molecule is O=[N+]([O-])c1cccc2[nH]c(CO)nc12. The summed E-state index contributed by atoms with van der Waals surface area (Å²) in [6.07, 6.45) is 0. The first-order valence-electron chi connectivity index (χ1n) is 3.95. The van der Waals surface area contributed by atoms with Crippen molar-refractivity contribution in [2.75, 3.05) is 0 Å². The molecule has 0 fully saturated rings. The molecule has 0 atom stereocenters. The molecule has 0 saturated heterocycles. The zero-order valence-electron chi connectivity index (χ0n) is 7.10. The normalized spacial score (nSPS) is 10.6. The van der Waals surface area contributed by atoms with E-state index in [-0.39, 0.29) is 17.8 Å². The molecule has 2 rings (SSSR count). The summed E-state index contributed by atoms with van der Waals surface area (Å²) in [6, 6.07) is 4.62. The molecule has 14 heavy (non-hydrogen) atoms. The monoisotopic (exact) mass is 193 g/mol. The van der Waals surface area contributed by atoms with Crippen LogP contribution in [0.15, 0.2) is 18.2 Å². The number of benzene rings is 1. The molecule has 0 radical (unpaired) electrons. The number of hydrogen-bond donors (Lipinski definition) is 2. The first-order valence-corrected chi connectivity index (χ1v) is 3.95. The number of aliphatic hydroxyl groups is 1. The van der Waals surface area contributed by atoms with E-state index < -0.39 is 4.92 Å². The predicted molar refractivity (Wildman–Crippen MR) is 48.7 cm³/mol. The van der Waals surface area contributed by atoms with Crippen molar-refractivity contribution in [3.63, 3.8) is 0 Å². The van der Waals surface area contributed by atoms with Crippen LogP contribution in [0.5, 0.6) is 0 Å². The third-order valence-electron chi connectivity index (χ3n) is 1.89. The molecule has 1 aromatic carbocycles. The number of nitrogens with one attached hydrogen (secondary N) is 1. The quantitative estimate of drug-likeness (QED) is 0.548. The van der Waals surface area contributed by atoms with Gasteiger partial charge in [0.2, 0.25) is 0 Å². The second-order valence-electron chi connectivity index (χ2n) is 2.77. The Hall–Kier alpha value is -1.95. The lowest BCUT2D eigenvalue weighted by Gasteiger charge is -1.90. The molecule has 0 unspecified atom stereocenters. The number of aromatic nitrogens is 2. The van der Waals surface area contributed by atoms with Gasteiger partial charge in [-0.05, 0) is 6.07 Å². The number of nitrogens with zero attached hydrogens (tertiary/aromatic N) is 2. The Kier molecular flexibility index (Phi) is 1.90. The van der Waals surface area contributed by atoms with Crippen LogP contribution in [0, 0.1) is 10.1 Å². The average molecular weight is 193 g/mol. The van der Waals surface area contributed by atoms with Crippen molar-refractivity contribution >= 4 is 16.7 Å². The summed E-state index contributed by atoms with van der Waals surface area (Å²) in [5, 5.41) is 19.4. The van der Waals surface area contributed by atoms with Crippen LogP contribution < -0.4 is 0 Å². The van der Waals surface area contributed by atoms with Crippen LogP contribution in [0.3, 0.4) is 0 Å². The second kappa shape index (κ2) is 3.08.